The van der Waals surface area contributed by atoms with Gasteiger partial charge in [-0.15, -0.1) is 0 Å². The quantitative estimate of drug-likeness (QED) is 0.666. The van der Waals surface area contributed by atoms with Crippen molar-refractivity contribution in [3.8, 4) is 0 Å². The van der Waals surface area contributed by atoms with Crippen LogP contribution >= 0.6 is 0 Å². The summed E-state index contributed by atoms with van der Waals surface area (Å²) in [5, 5.41) is 3.91. The van der Waals surface area contributed by atoms with Crippen LogP contribution < -0.4 is 11.1 Å². The maximum absolute atomic E-state index is 6.59. The monoisotopic (exact) mass is 237 g/mol. The second-order valence-corrected chi connectivity index (χ2v) is 6.87. The minimum Gasteiger partial charge on any atom is -0.327 e. The topological polar surface area (TPSA) is 41.3 Å². The predicted molar refractivity (Wildman–Crippen MR) is 70.5 cm³/mol. The van der Waals surface area contributed by atoms with Crippen molar-refractivity contribution >= 4 is 0 Å². The highest BCUT2D eigenvalue weighted by atomic mass is 15.3. The van der Waals surface area contributed by atoms with Crippen molar-refractivity contribution in [2.24, 2.45) is 29.4 Å². The molecule has 0 aromatic rings. The van der Waals surface area contributed by atoms with Crippen LogP contribution in [0.3, 0.4) is 0 Å². The van der Waals surface area contributed by atoms with Crippen molar-refractivity contribution in [2.45, 2.75) is 51.4 Å². The van der Waals surface area contributed by atoms with Crippen LogP contribution in [-0.4, -0.2) is 36.7 Å². The summed E-state index contributed by atoms with van der Waals surface area (Å²) < 4.78 is 0. The number of piperidine rings is 1. The fourth-order valence-electron chi connectivity index (χ4n) is 4.74. The summed E-state index contributed by atoms with van der Waals surface area (Å²) >= 11 is 0. The Morgan fingerprint density at radius 1 is 1.18 bits per heavy atom. The van der Waals surface area contributed by atoms with Gasteiger partial charge in [-0.1, -0.05) is 13.8 Å². The van der Waals surface area contributed by atoms with Gasteiger partial charge in [-0.05, 0) is 50.6 Å². The molecule has 0 amide bonds. The molecule has 1 aliphatic carbocycles. The van der Waals surface area contributed by atoms with Gasteiger partial charge in [0.05, 0.1) is 6.17 Å². The Kier molecular flexibility index (Phi) is 2.96. The molecule has 2 heterocycles. The van der Waals surface area contributed by atoms with Crippen LogP contribution in [0.15, 0.2) is 0 Å². The molecule has 3 aliphatic rings. The predicted octanol–water partition coefficient (Wildman–Crippen LogP) is 1.25. The van der Waals surface area contributed by atoms with Crippen LogP contribution in [0, 0.1) is 23.7 Å². The first-order chi connectivity index (χ1) is 8.08. The third kappa shape index (κ3) is 1.83. The Morgan fingerprint density at radius 2 is 1.94 bits per heavy atom. The molecule has 1 saturated carbocycles. The molecule has 7 atom stereocenters. The van der Waals surface area contributed by atoms with Crippen LogP contribution in [-0.2, 0) is 0 Å². The molecule has 0 bridgehead atoms. The Morgan fingerprint density at radius 3 is 2.71 bits per heavy atom. The van der Waals surface area contributed by atoms with E-state index in [4.69, 9.17) is 5.73 Å². The highest BCUT2D eigenvalue weighted by Crippen LogP contribution is 2.42. The van der Waals surface area contributed by atoms with Crippen LogP contribution in [0.1, 0.15) is 33.1 Å². The van der Waals surface area contributed by atoms with E-state index in [2.05, 4.69) is 31.1 Å². The Labute approximate surface area is 105 Å². The summed E-state index contributed by atoms with van der Waals surface area (Å²) in [4.78, 5) is 2.46. The maximum atomic E-state index is 6.59. The molecule has 0 spiro atoms. The molecule has 3 heteroatoms. The molecule has 0 aromatic heterocycles. The van der Waals surface area contributed by atoms with E-state index in [-0.39, 0.29) is 0 Å². The molecular weight excluding hydrogens is 210 g/mol. The molecule has 0 radical (unpaired) electrons. The maximum Gasteiger partial charge on any atom is 0.0641 e. The van der Waals surface area contributed by atoms with Crippen molar-refractivity contribution < 1.29 is 0 Å². The lowest BCUT2D eigenvalue weighted by Crippen LogP contribution is -2.66. The number of fused-ring (bicyclic) bond motifs is 2. The van der Waals surface area contributed by atoms with E-state index in [1.165, 1.54) is 25.8 Å². The van der Waals surface area contributed by atoms with E-state index in [1.54, 1.807) is 0 Å². The molecule has 7 unspecified atom stereocenters. The zero-order valence-electron chi connectivity index (χ0n) is 11.4. The highest BCUT2D eigenvalue weighted by molar-refractivity contribution is 5.05. The minimum atomic E-state index is 0.418. The van der Waals surface area contributed by atoms with E-state index in [1.807, 2.05) is 0 Å². The fourth-order valence-corrected chi connectivity index (χ4v) is 4.74. The van der Waals surface area contributed by atoms with E-state index in [9.17, 15) is 0 Å². The van der Waals surface area contributed by atoms with Crippen molar-refractivity contribution in [3.05, 3.63) is 0 Å². The standard InChI is InChI=1S/C14H27N3/c1-8-6-9(2)13-11(7-8)12(15)10-4-5-17(3)14(10)16-13/h8-14,16H,4-7,15H2,1-3H3. The second kappa shape index (κ2) is 4.22. The summed E-state index contributed by atoms with van der Waals surface area (Å²) in [7, 11) is 2.24. The third-order valence-corrected chi connectivity index (χ3v) is 5.57. The summed E-state index contributed by atoms with van der Waals surface area (Å²) in [5.74, 6) is 3.03. The molecule has 98 valence electrons. The van der Waals surface area contributed by atoms with Gasteiger partial charge in [-0.3, -0.25) is 10.2 Å². The second-order valence-electron chi connectivity index (χ2n) is 6.87. The van der Waals surface area contributed by atoms with E-state index in [0.29, 0.717) is 30.1 Å². The molecule has 17 heavy (non-hydrogen) atoms. The Bertz CT molecular complexity index is 293. The van der Waals surface area contributed by atoms with Gasteiger partial charge in [0.1, 0.15) is 0 Å². The van der Waals surface area contributed by atoms with Crippen molar-refractivity contribution in [1.82, 2.24) is 10.2 Å². The average Bonchev–Trinajstić information content (AvgIpc) is 2.63. The van der Waals surface area contributed by atoms with Gasteiger partial charge in [0.25, 0.3) is 0 Å². The van der Waals surface area contributed by atoms with Crippen LogP contribution in [0.2, 0.25) is 0 Å². The number of hydrogen-bond donors (Lipinski definition) is 2. The molecule has 3 nitrogen and oxygen atoms in total. The molecule has 3 fully saturated rings. The third-order valence-electron chi connectivity index (χ3n) is 5.57. The van der Waals surface area contributed by atoms with Crippen LogP contribution in [0.5, 0.6) is 0 Å². The summed E-state index contributed by atoms with van der Waals surface area (Å²) in [5.41, 5.74) is 6.59. The number of likely N-dealkylation sites (tertiary alicyclic amines) is 1. The van der Waals surface area contributed by atoms with E-state index >= 15 is 0 Å². The highest BCUT2D eigenvalue weighted by Gasteiger charge is 2.49. The lowest BCUT2D eigenvalue weighted by Gasteiger charge is -2.51. The number of nitrogens with one attached hydrogen (secondary N) is 1. The van der Waals surface area contributed by atoms with Gasteiger partial charge in [0, 0.05) is 18.0 Å². The fraction of sp³-hybridized carbons (Fsp3) is 1.00. The Hall–Kier alpha value is -0.120. The first-order valence-corrected chi connectivity index (χ1v) is 7.29. The zero-order chi connectivity index (χ0) is 12.2. The van der Waals surface area contributed by atoms with Gasteiger partial charge in [-0.25, -0.2) is 0 Å². The van der Waals surface area contributed by atoms with Crippen molar-refractivity contribution in [3.63, 3.8) is 0 Å². The Balaban J connectivity index is 1.83. The van der Waals surface area contributed by atoms with Crippen molar-refractivity contribution in [1.29, 1.82) is 0 Å². The van der Waals surface area contributed by atoms with Gasteiger partial charge in [-0.2, -0.15) is 0 Å². The SMILES string of the molecule is CC1CC(C)C2NC3C(CCN3C)C(N)C2C1. The number of nitrogens with zero attached hydrogens (tertiary/aromatic N) is 1. The normalized spacial score (nSPS) is 55.4. The minimum absolute atomic E-state index is 0.418. The molecule has 3 N–H and O–H groups in total. The van der Waals surface area contributed by atoms with Crippen molar-refractivity contribution in [2.75, 3.05) is 13.6 Å². The summed E-state index contributed by atoms with van der Waals surface area (Å²) in [6.07, 6.45) is 4.52. The molecular formula is C14H27N3. The van der Waals surface area contributed by atoms with Gasteiger partial charge < -0.3 is 5.73 Å². The zero-order valence-corrected chi connectivity index (χ0v) is 11.4. The number of rotatable bonds is 0. The molecule has 0 aromatic carbocycles. The smallest absolute Gasteiger partial charge is 0.0641 e. The average molecular weight is 237 g/mol. The number of hydrogen-bond acceptors (Lipinski definition) is 3. The number of nitrogens with two attached hydrogens (primary N) is 1. The lowest BCUT2D eigenvalue weighted by atomic mass is 9.65. The van der Waals surface area contributed by atoms with Crippen LogP contribution in [0.25, 0.3) is 0 Å². The largest absolute Gasteiger partial charge is 0.327 e. The first kappa shape index (κ1) is 11.9. The summed E-state index contributed by atoms with van der Waals surface area (Å²) in [6.45, 7) is 6.01. The molecule has 3 rings (SSSR count). The van der Waals surface area contributed by atoms with Gasteiger partial charge in [0.15, 0.2) is 0 Å². The molecule has 2 aliphatic heterocycles. The van der Waals surface area contributed by atoms with Crippen LogP contribution in [0.4, 0.5) is 0 Å². The van der Waals surface area contributed by atoms with Gasteiger partial charge >= 0.3 is 0 Å². The first-order valence-electron chi connectivity index (χ1n) is 7.29. The molecule has 2 saturated heterocycles. The summed E-state index contributed by atoms with van der Waals surface area (Å²) in [6, 6.07) is 1.07. The lowest BCUT2D eigenvalue weighted by molar-refractivity contribution is 0.0261. The van der Waals surface area contributed by atoms with E-state index in [0.717, 1.165) is 11.8 Å². The van der Waals surface area contributed by atoms with E-state index < -0.39 is 0 Å². The van der Waals surface area contributed by atoms with Gasteiger partial charge in [0.2, 0.25) is 0 Å².